The topological polar surface area (TPSA) is 21.3 Å². The highest BCUT2D eigenvalue weighted by molar-refractivity contribution is 7.99. The van der Waals surface area contributed by atoms with Crippen molar-refractivity contribution < 1.29 is 4.74 Å². The van der Waals surface area contributed by atoms with Crippen molar-refractivity contribution in [2.75, 3.05) is 26.0 Å². The van der Waals surface area contributed by atoms with Gasteiger partial charge in [0.2, 0.25) is 0 Å². The monoisotopic (exact) mass is 251 g/mol. The van der Waals surface area contributed by atoms with Gasteiger partial charge in [-0.2, -0.15) is 0 Å². The van der Waals surface area contributed by atoms with E-state index in [2.05, 4.69) is 17.4 Å². The zero-order chi connectivity index (χ0) is 11.9. The minimum atomic E-state index is 0.884. The normalized spacial score (nSPS) is 20.2. The van der Waals surface area contributed by atoms with E-state index >= 15 is 0 Å². The molecule has 3 heteroatoms. The molecule has 94 valence electrons. The molecule has 1 aromatic rings. The molecule has 1 atom stereocenters. The van der Waals surface area contributed by atoms with Crippen LogP contribution in [-0.4, -0.2) is 26.0 Å². The molecule has 1 aliphatic rings. The fraction of sp³-hybridized carbons (Fsp3) is 0.571. The minimum Gasteiger partial charge on any atom is -0.497 e. The fourth-order valence-electron chi connectivity index (χ4n) is 2.19. The number of methoxy groups -OCH3 is 1. The van der Waals surface area contributed by atoms with E-state index in [-0.39, 0.29) is 0 Å². The molecule has 2 rings (SSSR count). The number of rotatable bonds is 5. The number of hydrogen-bond acceptors (Lipinski definition) is 3. The average molecular weight is 251 g/mol. The second-order valence-corrected chi connectivity index (χ2v) is 5.69. The third-order valence-electron chi connectivity index (χ3n) is 3.25. The Bertz CT molecular complexity index is 319. The van der Waals surface area contributed by atoms with Crippen LogP contribution in [0.25, 0.3) is 0 Å². The minimum absolute atomic E-state index is 0.884. The number of nitrogens with one attached hydrogen (secondary N) is 1. The molecular formula is C14H21NOS. The second kappa shape index (κ2) is 6.92. The van der Waals surface area contributed by atoms with E-state index in [1.807, 2.05) is 23.9 Å². The lowest BCUT2D eigenvalue weighted by Gasteiger charge is -2.22. The van der Waals surface area contributed by atoms with Crippen molar-refractivity contribution in [3.63, 3.8) is 0 Å². The van der Waals surface area contributed by atoms with Crippen LogP contribution in [0.15, 0.2) is 29.2 Å². The summed E-state index contributed by atoms with van der Waals surface area (Å²) in [6.45, 7) is 2.42. The third kappa shape index (κ3) is 4.25. The lowest BCUT2D eigenvalue weighted by Crippen LogP contribution is -2.29. The largest absolute Gasteiger partial charge is 0.497 e. The van der Waals surface area contributed by atoms with E-state index in [9.17, 15) is 0 Å². The van der Waals surface area contributed by atoms with Crippen molar-refractivity contribution >= 4 is 11.8 Å². The van der Waals surface area contributed by atoms with E-state index < -0.39 is 0 Å². The van der Waals surface area contributed by atoms with Crippen molar-refractivity contribution in [2.45, 2.75) is 24.2 Å². The molecule has 0 spiro atoms. The van der Waals surface area contributed by atoms with Gasteiger partial charge in [-0.15, -0.1) is 11.8 Å². The Morgan fingerprint density at radius 2 is 2.18 bits per heavy atom. The van der Waals surface area contributed by atoms with Gasteiger partial charge in [-0.3, -0.25) is 0 Å². The Kier molecular flexibility index (Phi) is 5.20. The van der Waals surface area contributed by atoms with E-state index in [4.69, 9.17) is 4.74 Å². The Hall–Kier alpha value is -0.670. The Morgan fingerprint density at radius 3 is 2.82 bits per heavy atom. The lowest BCUT2D eigenvalue weighted by molar-refractivity contribution is 0.371. The molecule has 2 nitrogen and oxygen atoms in total. The van der Waals surface area contributed by atoms with Crippen molar-refractivity contribution in [3.8, 4) is 5.75 Å². The first-order valence-electron chi connectivity index (χ1n) is 6.36. The molecule has 1 aliphatic heterocycles. The number of thioether (sulfide) groups is 1. The third-order valence-corrected chi connectivity index (χ3v) is 4.30. The van der Waals surface area contributed by atoms with Gasteiger partial charge in [0, 0.05) is 4.90 Å². The molecule has 1 aromatic carbocycles. The highest BCUT2D eigenvalue weighted by Crippen LogP contribution is 2.24. The molecule has 0 aromatic heterocycles. The quantitative estimate of drug-likeness (QED) is 0.812. The average Bonchev–Trinajstić information content (AvgIpc) is 2.41. The Balaban J connectivity index is 1.69. The summed E-state index contributed by atoms with van der Waals surface area (Å²) in [7, 11) is 1.71. The molecule has 0 aliphatic carbocycles. The molecule has 1 heterocycles. The lowest BCUT2D eigenvalue weighted by atomic mass is 9.97. The first kappa shape index (κ1) is 12.8. The maximum atomic E-state index is 5.15. The summed E-state index contributed by atoms with van der Waals surface area (Å²) < 4.78 is 5.15. The van der Waals surface area contributed by atoms with Crippen LogP contribution in [0, 0.1) is 5.92 Å². The van der Waals surface area contributed by atoms with Crippen LogP contribution in [0.4, 0.5) is 0 Å². The summed E-state index contributed by atoms with van der Waals surface area (Å²) in [4.78, 5) is 1.34. The van der Waals surface area contributed by atoms with Crippen LogP contribution < -0.4 is 10.1 Å². The van der Waals surface area contributed by atoms with Gasteiger partial charge in [-0.1, -0.05) is 0 Å². The van der Waals surface area contributed by atoms with E-state index in [1.54, 1.807) is 7.11 Å². The van der Waals surface area contributed by atoms with Gasteiger partial charge in [0.1, 0.15) is 5.75 Å². The van der Waals surface area contributed by atoms with Gasteiger partial charge < -0.3 is 10.1 Å². The zero-order valence-electron chi connectivity index (χ0n) is 10.4. The van der Waals surface area contributed by atoms with Crippen LogP contribution in [-0.2, 0) is 0 Å². The van der Waals surface area contributed by atoms with E-state index in [0.717, 1.165) is 11.7 Å². The van der Waals surface area contributed by atoms with Crippen LogP contribution in [0.5, 0.6) is 5.75 Å². The van der Waals surface area contributed by atoms with Crippen molar-refractivity contribution in [2.24, 2.45) is 5.92 Å². The SMILES string of the molecule is COc1ccc(SCCC2CCCNC2)cc1. The number of ether oxygens (including phenoxy) is 1. The van der Waals surface area contributed by atoms with Gasteiger partial charge in [0.25, 0.3) is 0 Å². The van der Waals surface area contributed by atoms with Gasteiger partial charge in [0.15, 0.2) is 0 Å². The molecule has 1 fully saturated rings. The molecule has 1 N–H and O–H groups in total. The molecule has 1 unspecified atom stereocenters. The van der Waals surface area contributed by atoms with Gasteiger partial charge in [-0.25, -0.2) is 0 Å². The Morgan fingerprint density at radius 1 is 1.35 bits per heavy atom. The van der Waals surface area contributed by atoms with Crippen molar-refractivity contribution in [3.05, 3.63) is 24.3 Å². The number of hydrogen-bond donors (Lipinski definition) is 1. The second-order valence-electron chi connectivity index (χ2n) is 4.53. The molecule has 1 saturated heterocycles. The van der Waals surface area contributed by atoms with Crippen LogP contribution in [0.2, 0.25) is 0 Å². The predicted octanol–water partition coefficient (Wildman–Crippen LogP) is 3.18. The van der Waals surface area contributed by atoms with Crippen molar-refractivity contribution in [1.82, 2.24) is 5.32 Å². The summed E-state index contributed by atoms with van der Waals surface area (Å²) in [5.41, 5.74) is 0. The first-order valence-corrected chi connectivity index (χ1v) is 7.34. The highest BCUT2D eigenvalue weighted by Gasteiger charge is 2.12. The zero-order valence-corrected chi connectivity index (χ0v) is 11.3. The Labute approximate surface area is 108 Å². The highest BCUT2D eigenvalue weighted by atomic mass is 32.2. The molecule has 0 radical (unpaired) electrons. The summed E-state index contributed by atoms with van der Waals surface area (Å²) in [5.74, 6) is 3.04. The van der Waals surface area contributed by atoms with Gasteiger partial charge >= 0.3 is 0 Å². The van der Waals surface area contributed by atoms with Crippen LogP contribution in [0.3, 0.4) is 0 Å². The molecule has 0 bridgehead atoms. The molecular weight excluding hydrogens is 230 g/mol. The maximum absolute atomic E-state index is 5.15. The molecule has 17 heavy (non-hydrogen) atoms. The van der Waals surface area contributed by atoms with E-state index in [1.165, 1.54) is 43.0 Å². The smallest absolute Gasteiger partial charge is 0.118 e. The standard InChI is InChI=1S/C14H21NOS/c1-16-13-4-6-14(7-5-13)17-10-8-12-3-2-9-15-11-12/h4-7,12,15H,2-3,8-11H2,1H3. The van der Waals surface area contributed by atoms with Gasteiger partial charge in [-0.05, 0) is 68.3 Å². The molecule has 0 saturated carbocycles. The number of benzene rings is 1. The summed E-state index contributed by atoms with van der Waals surface area (Å²) in [6.07, 6.45) is 4.07. The van der Waals surface area contributed by atoms with Gasteiger partial charge in [0.05, 0.1) is 7.11 Å². The summed E-state index contributed by atoms with van der Waals surface area (Å²) >= 11 is 1.95. The summed E-state index contributed by atoms with van der Waals surface area (Å²) in [6, 6.07) is 8.35. The van der Waals surface area contributed by atoms with Crippen molar-refractivity contribution in [1.29, 1.82) is 0 Å². The number of piperidine rings is 1. The summed E-state index contributed by atoms with van der Waals surface area (Å²) in [5, 5.41) is 3.47. The fourth-order valence-corrected chi connectivity index (χ4v) is 3.20. The van der Waals surface area contributed by atoms with Crippen LogP contribution >= 0.6 is 11.8 Å². The maximum Gasteiger partial charge on any atom is 0.118 e. The van der Waals surface area contributed by atoms with Crippen LogP contribution in [0.1, 0.15) is 19.3 Å². The first-order chi connectivity index (χ1) is 8.38. The molecule has 0 amide bonds. The predicted molar refractivity (Wildman–Crippen MR) is 73.9 cm³/mol. The van der Waals surface area contributed by atoms with E-state index in [0.29, 0.717) is 0 Å².